The highest BCUT2D eigenvalue weighted by molar-refractivity contribution is 9.10. The molecule has 4 heteroatoms. The average molecular weight is 366 g/mol. The van der Waals surface area contributed by atoms with Crippen molar-refractivity contribution < 1.29 is 8.78 Å². The van der Waals surface area contributed by atoms with Gasteiger partial charge in [-0.1, -0.05) is 13.8 Å². The Labute approximate surface area is 133 Å². The topological polar surface area (TPSA) is 0 Å². The zero-order valence-corrected chi connectivity index (χ0v) is 14.1. The zero-order chi connectivity index (χ0) is 14.9. The maximum Gasteiger partial charge on any atom is 0.143 e. The molecule has 0 radical (unpaired) electrons. The minimum Gasteiger partial charge on any atom is -0.207 e. The van der Waals surface area contributed by atoms with Crippen molar-refractivity contribution in [2.75, 3.05) is 0 Å². The molecule has 1 aliphatic carbocycles. The van der Waals surface area contributed by atoms with Crippen LogP contribution in [-0.2, 0) is 6.42 Å². The first-order valence-corrected chi connectivity index (χ1v) is 8.39. The number of rotatable bonds is 3. The number of hydrogen-bond acceptors (Lipinski definition) is 0. The Morgan fingerprint density at radius 3 is 2.65 bits per heavy atom. The molecule has 0 aliphatic heterocycles. The fraction of sp³-hybridized carbons (Fsp3) is 0.625. The van der Waals surface area contributed by atoms with E-state index < -0.39 is 11.6 Å². The van der Waals surface area contributed by atoms with Crippen molar-refractivity contribution in [1.29, 1.82) is 0 Å². The van der Waals surface area contributed by atoms with E-state index in [1.165, 1.54) is 12.1 Å². The Bertz CT molecular complexity index is 476. The van der Waals surface area contributed by atoms with Gasteiger partial charge in [-0.2, -0.15) is 0 Å². The molecule has 3 unspecified atom stereocenters. The van der Waals surface area contributed by atoms with Crippen LogP contribution >= 0.6 is 27.5 Å². The average Bonchev–Trinajstić information content (AvgIpc) is 2.41. The summed E-state index contributed by atoms with van der Waals surface area (Å²) < 4.78 is 28.3. The highest BCUT2D eigenvalue weighted by Gasteiger charge is 2.32. The summed E-state index contributed by atoms with van der Waals surface area (Å²) in [5.74, 6) is 0.394. The van der Waals surface area contributed by atoms with Gasteiger partial charge in [-0.3, -0.25) is 0 Å². The van der Waals surface area contributed by atoms with Crippen molar-refractivity contribution in [3.05, 3.63) is 33.8 Å². The van der Waals surface area contributed by atoms with Crippen LogP contribution < -0.4 is 0 Å². The third-order valence-electron chi connectivity index (χ3n) is 4.48. The minimum atomic E-state index is -0.486. The van der Waals surface area contributed by atoms with Crippen molar-refractivity contribution >= 4 is 27.5 Å². The lowest BCUT2D eigenvalue weighted by Crippen LogP contribution is -2.29. The maximum absolute atomic E-state index is 14.1. The number of benzene rings is 1. The van der Waals surface area contributed by atoms with Crippen LogP contribution in [0.1, 0.15) is 38.7 Å². The summed E-state index contributed by atoms with van der Waals surface area (Å²) in [6.07, 6.45) is 3.39. The summed E-state index contributed by atoms with van der Waals surface area (Å²) in [7, 11) is 0. The Kier molecular flexibility index (Phi) is 5.47. The molecule has 0 aromatic heterocycles. The highest BCUT2D eigenvalue weighted by Crippen LogP contribution is 2.39. The van der Waals surface area contributed by atoms with E-state index in [4.69, 9.17) is 11.6 Å². The van der Waals surface area contributed by atoms with Gasteiger partial charge in [0.1, 0.15) is 11.6 Å². The Morgan fingerprint density at radius 1 is 1.30 bits per heavy atom. The molecule has 0 spiro atoms. The van der Waals surface area contributed by atoms with Crippen molar-refractivity contribution in [3.63, 3.8) is 0 Å². The van der Waals surface area contributed by atoms with Crippen LogP contribution in [0.3, 0.4) is 0 Å². The summed E-state index contributed by atoms with van der Waals surface area (Å²) in [5.41, 5.74) is 0.166. The largest absolute Gasteiger partial charge is 0.207 e. The zero-order valence-electron chi connectivity index (χ0n) is 11.8. The smallest absolute Gasteiger partial charge is 0.143 e. The fourth-order valence-electron chi connectivity index (χ4n) is 3.10. The van der Waals surface area contributed by atoms with Gasteiger partial charge < -0.3 is 0 Å². The molecular formula is C16H20BrClF2. The molecule has 1 saturated carbocycles. The monoisotopic (exact) mass is 364 g/mol. The molecule has 0 heterocycles. The quantitative estimate of drug-likeness (QED) is 0.458. The molecule has 2 rings (SSSR count). The van der Waals surface area contributed by atoms with Gasteiger partial charge in [0.15, 0.2) is 0 Å². The molecule has 20 heavy (non-hydrogen) atoms. The van der Waals surface area contributed by atoms with Gasteiger partial charge in [-0.05, 0) is 71.5 Å². The lowest BCUT2D eigenvalue weighted by atomic mass is 9.74. The predicted octanol–water partition coefficient (Wildman–Crippen LogP) is 5.95. The van der Waals surface area contributed by atoms with Crippen LogP contribution in [-0.4, -0.2) is 5.38 Å². The van der Waals surface area contributed by atoms with Gasteiger partial charge in [0.2, 0.25) is 0 Å². The van der Waals surface area contributed by atoms with Gasteiger partial charge in [0, 0.05) is 10.9 Å². The van der Waals surface area contributed by atoms with E-state index in [2.05, 4.69) is 29.8 Å². The van der Waals surface area contributed by atoms with Gasteiger partial charge in [-0.15, -0.1) is 11.6 Å². The lowest BCUT2D eigenvalue weighted by Gasteiger charge is -2.35. The molecular weight excluding hydrogens is 346 g/mol. The summed E-state index contributed by atoms with van der Waals surface area (Å²) in [6, 6.07) is 2.72. The normalized spacial score (nSPS) is 27.1. The first-order chi connectivity index (χ1) is 9.40. The number of hydrogen-bond donors (Lipinski definition) is 0. The van der Waals surface area contributed by atoms with E-state index in [0.717, 1.165) is 19.3 Å². The highest BCUT2D eigenvalue weighted by atomic mass is 79.9. The van der Waals surface area contributed by atoms with Crippen LogP contribution in [0.5, 0.6) is 0 Å². The van der Waals surface area contributed by atoms with Gasteiger partial charge >= 0.3 is 0 Å². The van der Waals surface area contributed by atoms with Gasteiger partial charge in [0.25, 0.3) is 0 Å². The second-order valence-electron chi connectivity index (χ2n) is 6.12. The summed E-state index contributed by atoms with van der Waals surface area (Å²) in [5, 5.41) is 0.0165. The van der Waals surface area contributed by atoms with Crippen LogP contribution in [0.25, 0.3) is 0 Å². The third kappa shape index (κ3) is 3.54. The van der Waals surface area contributed by atoms with E-state index in [9.17, 15) is 8.78 Å². The SMILES string of the molecule is CC(C)C1CCC(Cl)C(Cc2c(F)ccc(Br)c2F)C1. The standard InChI is InChI=1S/C16H20BrClF2/c1-9(2)10-3-5-14(18)11(7-10)8-12-15(19)6-4-13(17)16(12)20/h4,6,9-11,14H,3,5,7-8H2,1-2H3. The Balaban J connectivity index is 2.18. The van der Waals surface area contributed by atoms with E-state index in [0.29, 0.717) is 22.7 Å². The van der Waals surface area contributed by atoms with Crippen LogP contribution in [0.15, 0.2) is 16.6 Å². The molecule has 1 aromatic carbocycles. The first-order valence-electron chi connectivity index (χ1n) is 7.16. The van der Waals surface area contributed by atoms with E-state index in [1.54, 1.807) is 0 Å². The van der Waals surface area contributed by atoms with E-state index in [1.807, 2.05) is 0 Å². The van der Waals surface area contributed by atoms with Crippen molar-refractivity contribution in [2.24, 2.45) is 17.8 Å². The van der Waals surface area contributed by atoms with E-state index >= 15 is 0 Å². The molecule has 1 aliphatic rings. The van der Waals surface area contributed by atoms with Gasteiger partial charge in [0.05, 0.1) is 4.47 Å². The van der Waals surface area contributed by atoms with Crippen LogP contribution in [0, 0.1) is 29.4 Å². The molecule has 3 atom stereocenters. The van der Waals surface area contributed by atoms with Crippen molar-refractivity contribution in [3.8, 4) is 0 Å². The minimum absolute atomic E-state index is 0.0165. The fourth-order valence-corrected chi connectivity index (χ4v) is 3.79. The summed E-state index contributed by atoms with van der Waals surface area (Å²) in [4.78, 5) is 0. The number of alkyl halides is 1. The third-order valence-corrected chi connectivity index (χ3v) is 5.67. The maximum atomic E-state index is 14.1. The Hall–Kier alpha value is -0.150. The molecule has 1 fully saturated rings. The van der Waals surface area contributed by atoms with Crippen LogP contribution in [0.4, 0.5) is 8.78 Å². The summed E-state index contributed by atoms with van der Waals surface area (Å²) >= 11 is 9.51. The molecule has 0 saturated heterocycles. The molecule has 1 aromatic rings. The lowest BCUT2D eigenvalue weighted by molar-refractivity contribution is 0.216. The van der Waals surface area contributed by atoms with Crippen molar-refractivity contribution in [2.45, 2.75) is 44.9 Å². The van der Waals surface area contributed by atoms with Crippen LogP contribution in [0.2, 0.25) is 0 Å². The first kappa shape index (κ1) is 16.2. The number of halogens is 4. The Morgan fingerprint density at radius 2 is 2.00 bits per heavy atom. The van der Waals surface area contributed by atoms with Crippen molar-refractivity contribution in [1.82, 2.24) is 0 Å². The molecule has 0 nitrogen and oxygen atoms in total. The molecule has 0 N–H and O–H groups in total. The second-order valence-corrected chi connectivity index (χ2v) is 7.53. The second kappa shape index (κ2) is 6.74. The predicted molar refractivity (Wildman–Crippen MR) is 83.1 cm³/mol. The molecule has 0 amide bonds. The van der Waals surface area contributed by atoms with Gasteiger partial charge in [-0.25, -0.2) is 8.78 Å². The van der Waals surface area contributed by atoms with E-state index in [-0.39, 0.29) is 16.9 Å². The summed E-state index contributed by atoms with van der Waals surface area (Å²) in [6.45, 7) is 4.41. The molecule has 112 valence electrons. The molecule has 0 bridgehead atoms.